The lowest BCUT2D eigenvalue weighted by Gasteiger charge is -2.35. The van der Waals surface area contributed by atoms with E-state index in [-0.39, 0.29) is 17.2 Å². The lowest BCUT2D eigenvalue weighted by molar-refractivity contribution is 0.0741. The Hall–Kier alpha value is -4.07. The van der Waals surface area contributed by atoms with Crippen LogP contribution in [-0.4, -0.2) is 57.2 Å². The highest BCUT2D eigenvalue weighted by Crippen LogP contribution is 2.20. The fourth-order valence-corrected chi connectivity index (χ4v) is 3.82. The molecule has 1 amide bonds. The Labute approximate surface area is 178 Å². The predicted octanol–water partition coefficient (Wildman–Crippen LogP) is 2.34. The maximum Gasteiger partial charge on any atom is 0.275 e. The van der Waals surface area contributed by atoms with E-state index in [1.807, 2.05) is 36.4 Å². The van der Waals surface area contributed by atoms with Gasteiger partial charge in [-0.2, -0.15) is 5.10 Å². The van der Waals surface area contributed by atoms with Crippen LogP contribution in [0.5, 0.6) is 0 Å². The van der Waals surface area contributed by atoms with Crippen LogP contribution in [0.3, 0.4) is 0 Å². The molecule has 31 heavy (non-hydrogen) atoms. The predicted molar refractivity (Wildman–Crippen MR) is 118 cm³/mol. The third kappa shape index (κ3) is 3.63. The largest absolute Gasteiger partial charge is 0.353 e. The standard InChI is InChI=1S/C23H20N6O2/c30-22-18-9-5-4-8-17(18)20(26-27-22)23(31)29-14-12-28(13-15-29)19-10-11-24-21(25-19)16-6-2-1-3-7-16/h1-11H,12-15H2,(H,27,30). The summed E-state index contributed by atoms with van der Waals surface area (Å²) < 4.78 is 0. The number of nitrogens with zero attached hydrogens (tertiary/aromatic N) is 5. The Morgan fingerprint density at radius 3 is 2.35 bits per heavy atom. The van der Waals surface area contributed by atoms with Gasteiger partial charge in [0.15, 0.2) is 11.5 Å². The highest BCUT2D eigenvalue weighted by molar-refractivity contribution is 6.04. The maximum atomic E-state index is 13.1. The molecule has 5 rings (SSSR count). The summed E-state index contributed by atoms with van der Waals surface area (Å²) in [5.41, 5.74) is 0.946. The highest BCUT2D eigenvalue weighted by atomic mass is 16.2. The van der Waals surface area contributed by atoms with Crippen molar-refractivity contribution in [3.8, 4) is 11.4 Å². The molecule has 154 valence electrons. The van der Waals surface area contributed by atoms with Gasteiger partial charge in [0.25, 0.3) is 11.5 Å². The molecule has 8 heteroatoms. The van der Waals surface area contributed by atoms with Gasteiger partial charge in [-0.25, -0.2) is 15.1 Å². The summed E-state index contributed by atoms with van der Waals surface area (Å²) in [7, 11) is 0. The van der Waals surface area contributed by atoms with Crippen molar-refractivity contribution in [1.29, 1.82) is 0 Å². The van der Waals surface area contributed by atoms with E-state index in [0.29, 0.717) is 42.8 Å². The molecule has 1 aliphatic rings. The van der Waals surface area contributed by atoms with Gasteiger partial charge in [-0.1, -0.05) is 48.5 Å². The summed E-state index contributed by atoms with van der Waals surface area (Å²) >= 11 is 0. The van der Waals surface area contributed by atoms with Crippen LogP contribution in [0.15, 0.2) is 71.7 Å². The van der Waals surface area contributed by atoms with Crippen LogP contribution in [0.4, 0.5) is 5.82 Å². The van der Waals surface area contributed by atoms with Crippen molar-refractivity contribution in [3.63, 3.8) is 0 Å². The molecule has 0 unspecified atom stereocenters. The van der Waals surface area contributed by atoms with Crippen molar-refractivity contribution in [2.24, 2.45) is 0 Å². The number of benzene rings is 2. The molecule has 0 saturated carbocycles. The smallest absolute Gasteiger partial charge is 0.275 e. The van der Waals surface area contributed by atoms with Crippen LogP contribution in [0.25, 0.3) is 22.2 Å². The molecule has 1 N–H and O–H groups in total. The number of piperazine rings is 1. The van der Waals surface area contributed by atoms with Crippen molar-refractivity contribution in [2.75, 3.05) is 31.1 Å². The molecule has 4 aromatic rings. The highest BCUT2D eigenvalue weighted by Gasteiger charge is 2.25. The third-order valence-corrected chi connectivity index (χ3v) is 5.46. The Kier molecular flexibility index (Phi) is 4.87. The quantitative estimate of drug-likeness (QED) is 0.555. The van der Waals surface area contributed by atoms with Crippen molar-refractivity contribution >= 4 is 22.5 Å². The monoisotopic (exact) mass is 412 g/mol. The molecule has 8 nitrogen and oxygen atoms in total. The van der Waals surface area contributed by atoms with E-state index in [9.17, 15) is 9.59 Å². The minimum Gasteiger partial charge on any atom is -0.353 e. The first-order valence-corrected chi connectivity index (χ1v) is 10.1. The SMILES string of the molecule is O=C(c1n[nH]c(=O)c2ccccc12)N1CCN(c2ccnc(-c3ccccc3)n2)CC1. The van der Waals surface area contributed by atoms with Crippen molar-refractivity contribution in [2.45, 2.75) is 0 Å². The molecule has 0 radical (unpaired) electrons. The Morgan fingerprint density at radius 2 is 1.58 bits per heavy atom. The van der Waals surface area contributed by atoms with Crippen molar-refractivity contribution < 1.29 is 4.79 Å². The van der Waals surface area contributed by atoms with Crippen molar-refractivity contribution in [1.82, 2.24) is 25.1 Å². The summed E-state index contributed by atoms with van der Waals surface area (Å²) in [4.78, 5) is 38.1. The second-order valence-corrected chi connectivity index (χ2v) is 7.33. The molecule has 1 aliphatic heterocycles. The summed E-state index contributed by atoms with van der Waals surface area (Å²) in [5.74, 6) is 1.34. The first-order valence-electron chi connectivity index (χ1n) is 10.1. The number of aromatic nitrogens is 4. The molecule has 3 heterocycles. The summed E-state index contributed by atoms with van der Waals surface area (Å²) in [6.45, 7) is 2.38. The first kappa shape index (κ1) is 18.9. The summed E-state index contributed by atoms with van der Waals surface area (Å²) in [6.07, 6.45) is 1.76. The van der Waals surface area contributed by atoms with E-state index >= 15 is 0 Å². The minimum absolute atomic E-state index is 0.181. The Balaban J connectivity index is 1.33. The fourth-order valence-electron chi connectivity index (χ4n) is 3.82. The number of fused-ring (bicyclic) bond motifs is 1. The number of anilines is 1. The zero-order valence-electron chi connectivity index (χ0n) is 16.7. The van der Waals surface area contributed by atoms with E-state index in [2.05, 4.69) is 20.1 Å². The number of rotatable bonds is 3. The normalized spacial score (nSPS) is 14.1. The van der Waals surface area contributed by atoms with Gasteiger partial charge in [-0.3, -0.25) is 9.59 Å². The number of nitrogens with one attached hydrogen (secondary N) is 1. The molecule has 0 spiro atoms. The van der Waals surface area contributed by atoms with Gasteiger partial charge in [0.1, 0.15) is 5.82 Å². The van der Waals surface area contributed by atoms with Gasteiger partial charge < -0.3 is 9.80 Å². The Bertz CT molecular complexity index is 1300. The zero-order valence-corrected chi connectivity index (χ0v) is 16.7. The number of hydrogen-bond acceptors (Lipinski definition) is 6. The molecule has 1 fully saturated rings. The molecule has 0 aliphatic carbocycles. The Morgan fingerprint density at radius 1 is 0.871 bits per heavy atom. The van der Waals surface area contributed by atoms with Gasteiger partial charge >= 0.3 is 0 Å². The van der Waals surface area contributed by atoms with E-state index < -0.39 is 0 Å². The van der Waals surface area contributed by atoms with E-state index in [1.165, 1.54) is 0 Å². The van der Waals surface area contributed by atoms with Crippen LogP contribution in [0, 0.1) is 0 Å². The molecular formula is C23H20N6O2. The molecular weight excluding hydrogens is 392 g/mol. The van der Waals surface area contributed by atoms with Gasteiger partial charge in [0.2, 0.25) is 0 Å². The third-order valence-electron chi connectivity index (χ3n) is 5.46. The molecule has 1 saturated heterocycles. The molecule has 0 atom stereocenters. The van der Waals surface area contributed by atoms with Crippen LogP contribution in [0.2, 0.25) is 0 Å². The van der Waals surface area contributed by atoms with Crippen LogP contribution in [0.1, 0.15) is 10.5 Å². The van der Waals surface area contributed by atoms with E-state index in [1.54, 1.807) is 35.4 Å². The van der Waals surface area contributed by atoms with Gasteiger partial charge in [0.05, 0.1) is 5.39 Å². The molecule has 2 aromatic carbocycles. The second-order valence-electron chi connectivity index (χ2n) is 7.33. The number of carbonyl (C=O) groups is 1. The number of amides is 1. The fraction of sp³-hybridized carbons (Fsp3) is 0.174. The van der Waals surface area contributed by atoms with Crippen LogP contribution < -0.4 is 10.5 Å². The maximum absolute atomic E-state index is 13.1. The van der Waals surface area contributed by atoms with Crippen LogP contribution in [-0.2, 0) is 0 Å². The second kappa shape index (κ2) is 7.98. The van der Waals surface area contributed by atoms with Gasteiger partial charge in [0, 0.05) is 43.3 Å². The lowest BCUT2D eigenvalue weighted by Crippen LogP contribution is -2.49. The number of H-pyrrole nitrogens is 1. The first-order chi connectivity index (χ1) is 15.2. The zero-order chi connectivity index (χ0) is 21.2. The van der Waals surface area contributed by atoms with Crippen molar-refractivity contribution in [3.05, 3.63) is 82.9 Å². The summed E-state index contributed by atoms with van der Waals surface area (Å²) in [6, 6.07) is 18.8. The number of aromatic amines is 1. The number of hydrogen-bond donors (Lipinski definition) is 1. The molecule has 0 bridgehead atoms. The minimum atomic E-state index is -0.296. The van der Waals surface area contributed by atoms with Crippen LogP contribution >= 0.6 is 0 Å². The van der Waals surface area contributed by atoms with E-state index in [4.69, 9.17) is 4.98 Å². The summed E-state index contributed by atoms with van der Waals surface area (Å²) in [5, 5.41) is 7.52. The van der Waals surface area contributed by atoms with E-state index in [0.717, 1.165) is 11.4 Å². The van der Waals surface area contributed by atoms with Gasteiger partial charge in [-0.15, -0.1) is 0 Å². The van der Waals surface area contributed by atoms with Gasteiger partial charge in [-0.05, 0) is 12.1 Å². The average molecular weight is 412 g/mol. The lowest BCUT2D eigenvalue weighted by atomic mass is 10.1. The molecule has 2 aromatic heterocycles. The number of carbonyl (C=O) groups excluding carboxylic acids is 1. The average Bonchev–Trinajstić information content (AvgIpc) is 2.85. The topological polar surface area (TPSA) is 95.1 Å².